The number of hydrogen-bond donors (Lipinski definition) is 0. The molecule has 0 aliphatic carbocycles. The number of rotatable bonds is 4. The van der Waals surface area contributed by atoms with Gasteiger partial charge in [0.25, 0.3) is 11.1 Å². The molecule has 0 radical (unpaired) electrons. The van der Waals surface area contributed by atoms with E-state index in [0.29, 0.717) is 6.42 Å². The van der Waals surface area contributed by atoms with Crippen molar-refractivity contribution in [1.29, 1.82) is 0 Å². The molecule has 0 saturated carbocycles. The van der Waals surface area contributed by atoms with Crippen LogP contribution in [0.25, 0.3) is 0 Å². The minimum absolute atomic E-state index is 0.109. The second-order valence-electron chi connectivity index (χ2n) is 1.86. The predicted octanol–water partition coefficient (Wildman–Crippen LogP) is 1.99. The molecular formula is C5H9F3O2S. The summed E-state index contributed by atoms with van der Waals surface area (Å²) >= 11 is -3.14. The first-order chi connectivity index (χ1) is 4.98. The van der Waals surface area contributed by atoms with Gasteiger partial charge in [0.05, 0.1) is 6.61 Å². The first-order valence-electron chi connectivity index (χ1n) is 3.10. The highest BCUT2D eigenvalue weighted by Crippen LogP contribution is 2.20. The van der Waals surface area contributed by atoms with Crippen molar-refractivity contribution < 1.29 is 21.6 Å². The van der Waals surface area contributed by atoms with Crippen molar-refractivity contribution >= 4 is 11.1 Å². The van der Waals surface area contributed by atoms with E-state index in [-0.39, 0.29) is 6.61 Å². The molecule has 0 rings (SSSR count). The van der Waals surface area contributed by atoms with Gasteiger partial charge in [-0.2, -0.15) is 13.2 Å². The third-order valence-corrected chi connectivity index (χ3v) is 1.64. The summed E-state index contributed by atoms with van der Waals surface area (Å²) in [6, 6.07) is 0. The van der Waals surface area contributed by atoms with Crippen LogP contribution >= 0.6 is 0 Å². The highest BCUT2D eigenvalue weighted by Gasteiger charge is 2.38. The van der Waals surface area contributed by atoms with Crippen LogP contribution in [-0.2, 0) is 15.3 Å². The van der Waals surface area contributed by atoms with Crippen LogP contribution < -0.4 is 0 Å². The second kappa shape index (κ2) is 4.71. The molecule has 0 spiro atoms. The van der Waals surface area contributed by atoms with Crippen LogP contribution in [0.3, 0.4) is 0 Å². The lowest BCUT2D eigenvalue weighted by molar-refractivity contribution is -0.0473. The molecule has 0 heterocycles. The Hall–Kier alpha value is -0.100. The van der Waals surface area contributed by atoms with E-state index in [1.165, 1.54) is 0 Å². The zero-order valence-corrected chi connectivity index (χ0v) is 6.80. The average molecular weight is 190 g/mol. The SMILES string of the molecule is CCCCOS(=O)C(F)(F)F. The molecule has 1 atom stereocenters. The Bertz CT molecular complexity index is 134. The Kier molecular flexibility index (Phi) is 4.67. The van der Waals surface area contributed by atoms with E-state index < -0.39 is 16.6 Å². The van der Waals surface area contributed by atoms with Crippen molar-refractivity contribution in [3.63, 3.8) is 0 Å². The van der Waals surface area contributed by atoms with Crippen LogP contribution in [0.5, 0.6) is 0 Å². The van der Waals surface area contributed by atoms with Crippen LogP contribution in [-0.4, -0.2) is 16.3 Å². The minimum atomic E-state index is -4.74. The van der Waals surface area contributed by atoms with E-state index in [9.17, 15) is 17.4 Å². The smallest absolute Gasteiger partial charge is 0.284 e. The third kappa shape index (κ3) is 5.20. The van der Waals surface area contributed by atoms with E-state index in [1.807, 2.05) is 0 Å². The van der Waals surface area contributed by atoms with Crippen molar-refractivity contribution in [3.8, 4) is 0 Å². The molecule has 0 aliphatic heterocycles. The van der Waals surface area contributed by atoms with Gasteiger partial charge in [0.2, 0.25) is 0 Å². The van der Waals surface area contributed by atoms with Gasteiger partial charge in [-0.1, -0.05) is 13.3 Å². The van der Waals surface area contributed by atoms with Crippen molar-refractivity contribution in [2.75, 3.05) is 6.61 Å². The van der Waals surface area contributed by atoms with Crippen LogP contribution in [0.1, 0.15) is 19.8 Å². The second-order valence-corrected chi connectivity index (χ2v) is 3.02. The Balaban J connectivity index is 3.54. The zero-order chi connectivity index (χ0) is 8.91. The normalized spacial score (nSPS) is 14.9. The molecular weight excluding hydrogens is 181 g/mol. The Morgan fingerprint density at radius 2 is 2.00 bits per heavy atom. The molecule has 0 saturated heterocycles. The van der Waals surface area contributed by atoms with Crippen LogP contribution in [0, 0.1) is 0 Å². The fourth-order valence-electron chi connectivity index (χ4n) is 0.346. The molecule has 0 aromatic heterocycles. The highest BCUT2D eigenvalue weighted by atomic mass is 32.2. The summed E-state index contributed by atoms with van der Waals surface area (Å²) in [4.78, 5) is 0. The van der Waals surface area contributed by atoms with Gasteiger partial charge in [-0.15, -0.1) is 0 Å². The average Bonchev–Trinajstić information content (AvgIpc) is 1.86. The molecule has 0 fully saturated rings. The van der Waals surface area contributed by atoms with E-state index in [2.05, 4.69) is 4.18 Å². The summed E-state index contributed by atoms with van der Waals surface area (Å²) in [7, 11) is 0. The van der Waals surface area contributed by atoms with Gasteiger partial charge in [-0.25, -0.2) is 4.21 Å². The van der Waals surface area contributed by atoms with E-state index in [1.54, 1.807) is 6.92 Å². The molecule has 6 heteroatoms. The molecule has 0 amide bonds. The first kappa shape index (κ1) is 10.9. The van der Waals surface area contributed by atoms with Gasteiger partial charge < -0.3 is 0 Å². The summed E-state index contributed by atoms with van der Waals surface area (Å²) in [5.41, 5.74) is -4.74. The lowest BCUT2D eigenvalue weighted by atomic mass is 10.4. The lowest BCUT2D eigenvalue weighted by Crippen LogP contribution is -2.18. The quantitative estimate of drug-likeness (QED) is 0.633. The van der Waals surface area contributed by atoms with Crippen LogP contribution in [0.2, 0.25) is 0 Å². The number of halogens is 3. The summed E-state index contributed by atoms with van der Waals surface area (Å²) < 4.78 is 48.5. The number of alkyl halides is 3. The summed E-state index contributed by atoms with van der Waals surface area (Å²) in [5, 5.41) is 0. The van der Waals surface area contributed by atoms with Gasteiger partial charge in [-0.05, 0) is 6.42 Å². The van der Waals surface area contributed by atoms with Crippen molar-refractivity contribution in [1.82, 2.24) is 0 Å². The van der Waals surface area contributed by atoms with E-state index in [0.717, 1.165) is 6.42 Å². The third-order valence-electron chi connectivity index (χ3n) is 0.877. The summed E-state index contributed by atoms with van der Waals surface area (Å²) in [6.45, 7) is 1.70. The molecule has 11 heavy (non-hydrogen) atoms. The Morgan fingerprint density at radius 1 is 1.45 bits per heavy atom. The molecule has 0 aromatic rings. The fraction of sp³-hybridized carbons (Fsp3) is 1.00. The molecule has 0 aliphatic rings. The topological polar surface area (TPSA) is 26.3 Å². The van der Waals surface area contributed by atoms with Crippen LogP contribution in [0.15, 0.2) is 0 Å². The fourth-order valence-corrected chi connectivity index (χ4v) is 0.749. The molecule has 0 aromatic carbocycles. The lowest BCUT2D eigenvalue weighted by Gasteiger charge is -2.04. The molecule has 1 unspecified atom stereocenters. The standard InChI is InChI=1S/C5H9F3O2S/c1-2-3-4-10-11(9)5(6,7)8/h2-4H2,1H3. The maximum Gasteiger partial charge on any atom is 0.497 e. The molecule has 68 valence electrons. The minimum Gasteiger partial charge on any atom is -0.284 e. The number of hydrogen-bond acceptors (Lipinski definition) is 2. The van der Waals surface area contributed by atoms with Gasteiger partial charge in [0.1, 0.15) is 0 Å². The summed E-state index contributed by atoms with van der Waals surface area (Å²) in [5.74, 6) is 0. The monoisotopic (exact) mass is 190 g/mol. The highest BCUT2D eigenvalue weighted by molar-refractivity contribution is 7.81. The molecule has 2 nitrogen and oxygen atoms in total. The van der Waals surface area contributed by atoms with Gasteiger partial charge >= 0.3 is 5.51 Å². The first-order valence-corrected chi connectivity index (χ1v) is 4.18. The summed E-state index contributed by atoms with van der Waals surface area (Å²) in [6.07, 6.45) is 1.21. The molecule has 0 N–H and O–H groups in total. The maximum atomic E-state index is 11.5. The number of unbranched alkanes of at least 4 members (excludes halogenated alkanes) is 1. The Labute approximate surface area is 65.4 Å². The maximum absolute atomic E-state index is 11.5. The predicted molar refractivity (Wildman–Crippen MR) is 35.1 cm³/mol. The van der Waals surface area contributed by atoms with Gasteiger partial charge in [0, 0.05) is 0 Å². The zero-order valence-electron chi connectivity index (χ0n) is 5.98. The molecule has 0 bridgehead atoms. The largest absolute Gasteiger partial charge is 0.497 e. The van der Waals surface area contributed by atoms with Gasteiger partial charge in [-0.3, -0.25) is 4.18 Å². The van der Waals surface area contributed by atoms with Crippen LogP contribution in [0.4, 0.5) is 13.2 Å². The van der Waals surface area contributed by atoms with Crippen molar-refractivity contribution in [2.45, 2.75) is 25.3 Å². The van der Waals surface area contributed by atoms with Gasteiger partial charge in [0.15, 0.2) is 0 Å². The Morgan fingerprint density at radius 3 is 2.36 bits per heavy atom. The van der Waals surface area contributed by atoms with Crippen molar-refractivity contribution in [2.24, 2.45) is 0 Å². The van der Waals surface area contributed by atoms with E-state index >= 15 is 0 Å². The van der Waals surface area contributed by atoms with E-state index in [4.69, 9.17) is 0 Å². The van der Waals surface area contributed by atoms with Crippen molar-refractivity contribution in [3.05, 3.63) is 0 Å².